The molecule has 4 fully saturated rings. The average molecular weight is 376 g/mol. The van der Waals surface area contributed by atoms with E-state index in [4.69, 9.17) is 4.74 Å². The lowest BCUT2D eigenvalue weighted by Crippen LogP contribution is -2.70. The van der Waals surface area contributed by atoms with Crippen LogP contribution < -0.4 is 0 Å². The highest BCUT2D eigenvalue weighted by Crippen LogP contribution is 2.71. The number of hydrogen-bond acceptors (Lipinski definition) is 5. The third-order valence-corrected chi connectivity index (χ3v) is 8.85. The average Bonchev–Trinajstić information content (AvgIpc) is 2.68. The lowest BCUT2D eigenvalue weighted by Gasteiger charge is -2.66. The van der Waals surface area contributed by atoms with Gasteiger partial charge in [-0.3, -0.25) is 9.59 Å². The lowest BCUT2D eigenvalue weighted by atomic mass is 9.39. The number of carbonyl (C=O) groups excluding carboxylic acids is 2. The van der Waals surface area contributed by atoms with Crippen molar-refractivity contribution in [1.82, 2.24) is 0 Å². The summed E-state index contributed by atoms with van der Waals surface area (Å²) in [4.78, 5) is 25.2. The number of carbonyl (C=O) groups is 2. The van der Waals surface area contributed by atoms with Crippen LogP contribution in [0.4, 0.5) is 0 Å². The highest BCUT2D eigenvalue weighted by Gasteiger charge is 2.75. The van der Waals surface area contributed by atoms with Gasteiger partial charge in [0.15, 0.2) is 5.78 Å². The number of ketones is 1. The Bertz CT molecular complexity index is 711. The van der Waals surface area contributed by atoms with Crippen molar-refractivity contribution < 1.29 is 24.5 Å². The van der Waals surface area contributed by atoms with E-state index < -0.39 is 23.0 Å². The van der Waals surface area contributed by atoms with Gasteiger partial charge in [0.05, 0.1) is 17.6 Å². The maximum atomic E-state index is 13.3. The fourth-order valence-corrected chi connectivity index (χ4v) is 7.69. The summed E-state index contributed by atoms with van der Waals surface area (Å²) in [6.07, 6.45) is 1.45. The second-order valence-electron chi connectivity index (χ2n) is 10.3. The smallest absolute Gasteiger partial charge is 0.302 e. The quantitative estimate of drug-likeness (QED) is 0.543. The van der Waals surface area contributed by atoms with Crippen molar-refractivity contribution in [2.75, 3.05) is 0 Å². The van der Waals surface area contributed by atoms with Gasteiger partial charge >= 0.3 is 5.97 Å². The predicted octanol–water partition coefficient (Wildman–Crippen LogP) is 2.64. The minimum Gasteiger partial charge on any atom is -0.462 e. The summed E-state index contributed by atoms with van der Waals surface area (Å²) < 4.78 is 5.81. The molecule has 4 aliphatic carbocycles. The van der Waals surface area contributed by atoms with Gasteiger partial charge < -0.3 is 14.9 Å². The van der Waals surface area contributed by atoms with Crippen LogP contribution in [-0.2, 0) is 14.3 Å². The van der Waals surface area contributed by atoms with Crippen LogP contribution >= 0.6 is 0 Å². The fraction of sp³-hybridized carbons (Fsp3) is 0.818. The first-order valence-corrected chi connectivity index (χ1v) is 10.3. The van der Waals surface area contributed by atoms with Crippen molar-refractivity contribution in [2.24, 2.45) is 34.0 Å². The van der Waals surface area contributed by atoms with Crippen molar-refractivity contribution in [3.05, 3.63) is 12.2 Å². The van der Waals surface area contributed by atoms with E-state index >= 15 is 0 Å². The standard InChI is InChI=1S/C22H32O5/c1-11-13-6-7-14-21(5)15(10-16(24)22(14,18(11)25)19(13)26)20(3,4)9-8-17(21)27-12(2)23/h13-17,19,24,26H,1,6-10H2,2-5H3/t13-,14-,15+,16+,17+,19-,21-,22-/m0/s1. The Kier molecular flexibility index (Phi) is 4.01. The summed E-state index contributed by atoms with van der Waals surface area (Å²) >= 11 is 0. The molecule has 2 N–H and O–H groups in total. The number of rotatable bonds is 1. The molecule has 8 atom stereocenters. The van der Waals surface area contributed by atoms with Gasteiger partial charge in [-0.25, -0.2) is 0 Å². The van der Waals surface area contributed by atoms with Crippen LogP contribution in [0.5, 0.6) is 0 Å². The summed E-state index contributed by atoms with van der Waals surface area (Å²) in [5.41, 5.74) is -1.23. The summed E-state index contributed by atoms with van der Waals surface area (Å²) in [5, 5.41) is 22.4. The highest BCUT2D eigenvalue weighted by atomic mass is 16.5. The Morgan fingerprint density at radius 3 is 2.44 bits per heavy atom. The third kappa shape index (κ3) is 2.13. The van der Waals surface area contributed by atoms with E-state index in [0.29, 0.717) is 18.4 Å². The van der Waals surface area contributed by atoms with Crippen LogP contribution in [0, 0.1) is 34.0 Å². The Morgan fingerprint density at radius 1 is 1.15 bits per heavy atom. The van der Waals surface area contributed by atoms with Gasteiger partial charge in [-0.1, -0.05) is 27.4 Å². The van der Waals surface area contributed by atoms with E-state index in [1.807, 2.05) is 0 Å². The molecular weight excluding hydrogens is 344 g/mol. The molecule has 0 aliphatic heterocycles. The van der Waals surface area contributed by atoms with Crippen LogP contribution in [0.1, 0.15) is 59.8 Å². The Balaban J connectivity index is 1.89. The van der Waals surface area contributed by atoms with Crippen molar-refractivity contribution >= 4 is 11.8 Å². The van der Waals surface area contributed by atoms with E-state index in [2.05, 4.69) is 27.4 Å². The molecule has 27 heavy (non-hydrogen) atoms. The van der Waals surface area contributed by atoms with Crippen LogP contribution in [-0.4, -0.2) is 40.3 Å². The normalized spacial score (nSPS) is 50.7. The van der Waals surface area contributed by atoms with Gasteiger partial charge in [0.25, 0.3) is 0 Å². The van der Waals surface area contributed by atoms with Crippen LogP contribution in [0.3, 0.4) is 0 Å². The zero-order chi connectivity index (χ0) is 19.9. The molecule has 4 rings (SSSR count). The predicted molar refractivity (Wildman–Crippen MR) is 99.6 cm³/mol. The number of ether oxygens (including phenoxy) is 1. The molecule has 0 radical (unpaired) electrons. The zero-order valence-corrected chi connectivity index (χ0v) is 16.8. The van der Waals surface area contributed by atoms with Gasteiger partial charge in [0, 0.05) is 18.3 Å². The molecule has 4 aliphatic rings. The topological polar surface area (TPSA) is 83.8 Å². The van der Waals surface area contributed by atoms with E-state index in [1.54, 1.807) is 0 Å². The number of aliphatic hydroxyl groups excluding tert-OH is 2. The van der Waals surface area contributed by atoms with Gasteiger partial charge in [0.1, 0.15) is 6.10 Å². The van der Waals surface area contributed by atoms with Crippen LogP contribution in [0.15, 0.2) is 12.2 Å². The number of fused-ring (bicyclic) bond motifs is 3. The fourth-order valence-electron chi connectivity index (χ4n) is 7.69. The maximum Gasteiger partial charge on any atom is 0.302 e. The Hall–Kier alpha value is -1.20. The molecule has 0 saturated heterocycles. The first-order valence-electron chi connectivity index (χ1n) is 10.3. The molecule has 2 bridgehead atoms. The zero-order valence-electron chi connectivity index (χ0n) is 16.8. The van der Waals surface area contributed by atoms with Crippen molar-refractivity contribution in [2.45, 2.75) is 78.1 Å². The molecule has 150 valence electrons. The van der Waals surface area contributed by atoms with E-state index in [9.17, 15) is 19.8 Å². The second-order valence-corrected chi connectivity index (χ2v) is 10.3. The molecule has 0 amide bonds. The lowest BCUT2D eigenvalue weighted by molar-refractivity contribution is -0.255. The molecule has 0 unspecified atom stereocenters. The monoisotopic (exact) mass is 376 g/mol. The number of esters is 1. The van der Waals surface area contributed by atoms with Crippen molar-refractivity contribution in [1.29, 1.82) is 0 Å². The number of hydrogen-bond donors (Lipinski definition) is 2. The minimum atomic E-state index is -1.20. The first kappa shape index (κ1) is 19.1. The first-order chi connectivity index (χ1) is 12.5. The summed E-state index contributed by atoms with van der Waals surface area (Å²) in [7, 11) is 0. The molecule has 1 spiro atoms. The number of Topliss-reactive ketones (excluding diaryl/α,β-unsaturated/α-hetero) is 1. The van der Waals surface area contributed by atoms with E-state index in [0.717, 1.165) is 19.3 Å². The molecule has 5 nitrogen and oxygen atoms in total. The second kappa shape index (κ2) is 5.66. The molecule has 0 aromatic rings. The maximum absolute atomic E-state index is 13.3. The minimum absolute atomic E-state index is 0.0333. The summed E-state index contributed by atoms with van der Waals surface area (Å²) in [5.74, 6) is -0.844. The largest absolute Gasteiger partial charge is 0.462 e. The Morgan fingerprint density at radius 2 is 1.81 bits per heavy atom. The Labute approximate surface area is 161 Å². The molecule has 0 aromatic heterocycles. The van der Waals surface area contributed by atoms with Gasteiger partial charge in [-0.2, -0.15) is 0 Å². The molecule has 0 aromatic carbocycles. The molecular formula is C22H32O5. The van der Waals surface area contributed by atoms with Gasteiger partial charge in [-0.15, -0.1) is 0 Å². The van der Waals surface area contributed by atoms with Gasteiger partial charge in [-0.05, 0) is 54.9 Å². The van der Waals surface area contributed by atoms with E-state index in [-0.39, 0.29) is 41.0 Å². The van der Waals surface area contributed by atoms with Crippen LogP contribution in [0.2, 0.25) is 0 Å². The van der Waals surface area contributed by atoms with E-state index in [1.165, 1.54) is 6.92 Å². The molecule has 5 heteroatoms. The third-order valence-electron chi connectivity index (χ3n) is 8.85. The number of aliphatic hydroxyl groups is 2. The highest BCUT2D eigenvalue weighted by molar-refractivity contribution is 6.04. The van der Waals surface area contributed by atoms with Crippen LogP contribution in [0.25, 0.3) is 0 Å². The summed E-state index contributed by atoms with van der Waals surface area (Å²) in [6.45, 7) is 11.9. The molecule has 4 saturated carbocycles. The van der Waals surface area contributed by atoms with Crippen molar-refractivity contribution in [3.63, 3.8) is 0 Å². The summed E-state index contributed by atoms with van der Waals surface area (Å²) in [6, 6.07) is 0. The van der Waals surface area contributed by atoms with Gasteiger partial charge in [0.2, 0.25) is 0 Å². The molecule has 0 heterocycles. The van der Waals surface area contributed by atoms with Crippen molar-refractivity contribution in [3.8, 4) is 0 Å². The SMILES string of the molecule is C=C1C(=O)[C@@]23[C@H](O)C[C@@H]4C(C)(C)CC[C@@H](OC(C)=O)[C@@]4(C)[C@@H]2CC[C@@H]1[C@@H]3O.